The molecule has 0 aliphatic heterocycles. The van der Waals surface area contributed by atoms with Crippen LogP contribution in [0.4, 0.5) is 0 Å². The van der Waals surface area contributed by atoms with Crippen LogP contribution in [0.3, 0.4) is 0 Å². The van der Waals surface area contributed by atoms with Gasteiger partial charge in [-0.15, -0.1) is 0 Å². The fourth-order valence-electron chi connectivity index (χ4n) is 0.572. The third kappa shape index (κ3) is 4.03. The first-order chi connectivity index (χ1) is 6.15. The highest BCUT2D eigenvalue weighted by Crippen LogP contribution is 1.90. The summed E-state index contributed by atoms with van der Waals surface area (Å²) >= 11 is 0. The Bertz CT molecular complexity index is 255. The van der Waals surface area contributed by atoms with E-state index in [0.717, 1.165) is 0 Å². The molecule has 0 aliphatic rings. The Balaban J connectivity index is 4.29. The van der Waals surface area contributed by atoms with Crippen molar-refractivity contribution < 1.29 is 23.9 Å². The number of ether oxygens (including phenoxy) is 2. The second-order valence-electron chi connectivity index (χ2n) is 2.02. The first-order valence-corrected chi connectivity index (χ1v) is 3.60. The van der Waals surface area contributed by atoms with E-state index >= 15 is 0 Å². The second-order valence-corrected chi connectivity index (χ2v) is 2.02. The molecular formula is C7H10N2O4. The minimum absolute atomic E-state index is 0.152. The highest BCUT2D eigenvalue weighted by molar-refractivity contribution is 6.36. The number of esters is 2. The molecule has 0 spiro atoms. The molecule has 0 fully saturated rings. The number of carbonyl (C=O) groups is 2. The zero-order chi connectivity index (χ0) is 10.3. The number of nitrogens with zero attached hydrogens (tertiary/aromatic N) is 2. The van der Waals surface area contributed by atoms with E-state index in [2.05, 4.69) is 14.3 Å². The first kappa shape index (κ1) is 11.3. The van der Waals surface area contributed by atoms with Crippen LogP contribution in [0.25, 0.3) is 5.53 Å². The molecule has 0 amide bonds. The van der Waals surface area contributed by atoms with Gasteiger partial charge in [0, 0.05) is 0 Å². The van der Waals surface area contributed by atoms with Crippen LogP contribution in [0.1, 0.15) is 13.3 Å². The van der Waals surface area contributed by atoms with Crippen LogP contribution in [0.15, 0.2) is 0 Å². The number of hydrogen-bond donors (Lipinski definition) is 0. The molecule has 0 saturated carbocycles. The quantitative estimate of drug-likeness (QED) is 0.263. The highest BCUT2D eigenvalue weighted by Gasteiger charge is 2.25. The lowest BCUT2D eigenvalue weighted by molar-refractivity contribution is -0.145. The average Bonchev–Trinajstić information content (AvgIpc) is 2.14. The number of carbonyl (C=O) groups excluding carboxylic acids is 2. The topological polar surface area (TPSA) is 89.0 Å². The SMILES string of the molecule is CCOC(=O)C(CC(=O)OC)=[N+]=[N-]. The monoisotopic (exact) mass is 186 g/mol. The molecule has 0 unspecified atom stereocenters. The summed E-state index contributed by atoms with van der Waals surface area (Å²) in [4.78, 5) is 24.2. The Morgan fingerprint density at radius 3 is 2.46 bits per heavy atom. The summed E-state index contributed by atoms with van der Waals surface area (Å²) in [6, 6.07) is 0. The van der Waals surface area contributed by atoms with Crippen molar-refractivity contribution in [2.45, 2.75) is 13.3 Å². The van der Waals surface area contributed by atoms with Crippen LogP contribution in [-0.4, -0.2) is 36.2 Å². The molecular weight excluding hydrogens is 176 g/mol. The molecule has 0 heterocycles. The van der Waals surface area contributed by atoms with Crippen molar-refractivity contribution in [3.63, 3.8) is 0 Å². The van der Waals surface area contributed by atoms with Gasteiger partial charge in [-0.3, -0.25) is 4.79 Å². The van der Waals surface area contributed by atoms with E-state index in [0.29, 0.717) is 0 Å². The lowest BCUT2D eigenvalue weighted by Gasteiger charge is -1.96. The molecule has 0 aromatic carbocycles. The molecule has 0 bridgehead atoms. The normalized spacial score (nSPS) is 8.46. The molecule has 0 aliphatic carbocycles. The van der Waals surface area contributed by atoms with Gasteiger partial charge in [0.2, 0.25) is 0 Å². The largest absolute Gasteiger partial charge is 0.469 e. The molecule has 0 rings (SSSR count). The molecule has 6 nitrogen and oxygen atoms in total. The van der Waals surface area contributed by atoms with Crippen molar-refractivity contribution in [3.05, 3.63) is 5.53 Å². The molecule has 0 radical (unpaired) electrons. The van der Waals surface area contributed by atoms with Crippen molar-refractivity contribution in [2.24, 2.45) is 0 Å². The lowest BCUT2D eigenvalue weighted by Crippen LogP contribution is -2.22. The maximum Gasteiger partial charge on any atom is 0.417 e. The summed E-state index contributed by atoms with van der Waals surface area (Å²) < 4.78 is 8.77. The summed E-state index contributed by atoms with van der Waals surface area (Å²) in [6.07, 6.45) is -0.397. The summed E-state index contributed by atoms with van der Waals surface area (Å²) in [5.74, 6) is -1.49. The summed E-state index contributed by atoms with van der Waals surface area (Å²) in [5.41, 5.74) is 7.98. The summed E-state index contributed by atoms with van der Waals surface area (Å²) in [7, 11) is 1.17. The maximum absolute atomic E-state index is 10.9. The average molecular weight is 186 g/mol. The van der Waals surface area contributed by atoms with Gasteiger partial charge in [-0.05, 0) is 6.92 Å². The minimum Gasteiger partial charge on any atom is -0.469 e. The van der Waals surface area contributed by atoms with E-state index in [1.807, 2.05) is 0 Å². The fraction of sp³-hybridized carbons (Fsp3) is 0.571. The molecule has 0 atom stereocenters. The van der Waals surface area contributed by atoms with Crippen molar-refractivity contribution in [2.75, 3.05) is 13.7 Å². The Kier molecular flexibility index (Phi) is 5.14. The van der Waals surface area contributed by atoms with Crippen molar-refractivity contribution in [1.29, 1.82) is 0 Å². The molecule has 0 aromatic rings. The highest BCUT2D eigenvalue weighted by atomic mass is 16.5. The third-order valence-electron chi connectivity index (χ3n) is 1.17. The minimum atomic E-state index is -0.824. The maximum atomic E-state index is 10.9. The molecule has 0 aromatic heterocycles. The smallest absolute Gasteiger partial charge is 0.417 e. The fourth-order valence-corrected chi connectivity index (χ4v) is 0.572. The lowest BCUT2D eigenvalue weighted by atomic mass is 10.3. The van der Waals surface area contributed by atoms with E-state index in [4.69, 9.17) is 5.53 Å². The van der Waals surface area contributed by atoms with E-state index in [9.17, 15) is 9.59 Å². The Hall–Kier alpha value is -1.68. The van der Waals surface area contributed by atoms with Gasteiger partial charge in [-0.1, -0.05) is 0 Å². The number of rotatable bonds is 4. The first-order valence-electron chi connectivity index (χ1n) is 3.60. The van der Waals surface area contributed by atoms with Gasteiger partial charge in [0.05, 0.1) is 13.7 Å². The van der Waals surface area contributed by atoms with Crippen LogP contribution < -0.4 is 0 Å². The van der Waals surface area contributed by atoms with E-state index in [1.165, 1.54) is 7.11 Å². The Morgan fingerprint density at radius 1 is 1.46 bits per heavy atom. The third-order valence-corrected chi connectivity index (χ3v) is 1.17. The predicted octanol–water partition coefficient (Wildman–Crippen LogP) is -0.217. The number of methoxy groups -OCH3 is 1. The van der Waals surface area contributed by atoms with Crippen LogP contribution in [0.5, 0.6) is 0 Å². The van der Waals surface area contributed by atoms with Crippen LogP contribution in [0.2, 0.25) is 0 Å². The Labute approximate surface area is 75.1 Å². The second kappa shape index (κ2) is 5.91. The van der Waals surface area contributed by atoms with Crippen LogP contribution in [0, 0.1) is 0 Å². The summed E-state index contributed by atoms with van der Waals surface area (Å²) in [6.45, 7) is 1.75. The van der Waals surface area contributed by atoms with Crippen molar-refractivity contribution in [1.82, 2.24) is 0 Å². The van der Waals surface area contributed by atoms with Crippen LogP contribution >= 0.6 is 0 Å². The Morgan fingerprint density at radius 2 is 2.08 bits per heavy atom. The molecule has 0 N–H and O–H groups in total. The van der Waals surface area contributed by atoms with Gasteiger partial charge in [0.15, 0.2) is 6.42 Å². The zero-order valence-corrected chi connectivity index (χ0v) is 7.44. The van der Waals surface area contributed by atoms with Crippen molar-refractivity contribution >= 4 is 17.7 Å². The van der Waals surface area contributed by atoms with Crippen LogP contribution in [-0.2, 0) is 19.1 Å². The molecule has 72 valence electrons. The molecule has 13 heavy (non-hydrogen) atoms. The van der Waals surface area contributed by atoms with Gasteiger partial charge >= 0.3 is 17.7 Å². The van der Waals surface area contributed by atoms with Gasteiger partial charge in [0.25, 0.3) is 0 Å². The molecule has 0 saturated heterocycles. The number of hydrogen-bond acceptors (Lipinski definition) is 4. The van der Waals surface area contributed by atoms with E-state index in [-0.39, 0.29) is 12.3 Å². The van der Waals surface area contributed by atoms with Gasteiger partial charge < -0.3 is 15.0 Å². The van der Waals surface area contributed by atoms with E-state index in [1.54, 1.807) is 6.92 Å². The summed E-state index contributed by atoms with van der Waals surface area (Å²) in [5, 5.41) is 0. The van der Waals surface area contributed by atoms with Gasteiger partial charge in [-0.25, -0.2) is 4.79 Å². The van der Waals surface area contributed by atoms with Crippen molar-refractivity contribution in [3.8, 4) is 0 Å². The van der Waals surface area contributed by atoms with Gasteiger partial charge in [-0.2, -0.15) is 4.79 Å². The predicted molar refractivity (Wildman–Crippen MR) is 41.9 cm³/mol. The molecule has 6 heteroatoms. The standard InChI is InChI=1S/C7H10N2O4/c1-3-13-7(11)5(9-8)4-6(10)12-2/h3-4H2,1-2H3. The van der Waals surface area contributed by atoms with Gasteiger partial charge in [0.1, 0.15) is 0 Å². The van der Waals surface area contributed by atoms with E-state index < -0.39 is 18.4 Å². The zero-order valence-electron chi connectivity index (χ0n) is 7.44.